The van der Waals surface area contributed by atoms with Crippen molar-refractivity contribution in [3.63, 3.8) is 0 Å². The fraction of sp³-hybridized carbons (Fsp3) is 0.238. The molecule has 3 rings (SSSR count). The molecular weight excluding hydrogens is 344 g/mol. The van der Waals surface area contributed by atoms with Crippen molar-refractivity contribution >= 4 is 16.1 Å². The molecule has 4 nitrogen and oxygen atoms in total. The molecule has 0 N–H and O–H groups in total. The maximum Gasteiger partial charge on any atom is 0.175 e. The average molecular weight is 364 g/mol. The lowest BCUT2D eigenvalue weighted by molar-refractivity contribution is 0.602. The second kappa shape index (κ2) is 8.11. The summed E-state index contributed by atoms with van der Waals surface area (Å²) in [6.07, 6.45) is 11.2. The molecule has 0 saturated carbocycles. The first kappa shape index (κ1) is 18.1. The maximum absolute atomic E-state index is 11.5. The van der Waals surface area contributed by atoms with Gasteiger partial charge in [0.1, 0.15) is 5.70 Å². The monoisotopic (exact) mass is 364 g/mol. The number of aliphatic imine (C=N–C) groups is 1. The standard InChI is InChI=1S/C21H20N2O2S/c1-26(24,25)21-9-6-18(7-10-21)15-19-5-8-20(23-16-19)4-2-3-17-11-13-22-14-12-17/h6-14,16,19H,3,5,15H2,1H3. The van der Waals surface area contributed by atoms with Crippen LogP contribution in [0.4, 0.5) is 0 Å². The highest BCUT2D eigenvalue weighted by atomic mass is 32.2. The van der Waals surface area contributed by atoms with E-state index in [2.05, 4.69) is 27.9 Å². The predicted octanol–water partition coefficient (Wildman–Crippen LogP) is 3.25. The third-order valence-corrected chi connectivity index (χ3v) is 5.27. The smallest absolute Gasteiger partial charge is 0.175 e. The summed E-state index contributed by atoms with van der Waals surface area (Å²) in [5, 5.41) is 0. The molecule has 1 aliphatic rings. The van der Waals surface area contributed by atoms with Gasteiger partial charge >= 0.3 is 0 Å². The molecule has 0 fully saturated rings. The molecule has 2 heterocycles. The van der Waals surface area contributed by atoms with Crippen molar-refractivity contribution in [2.45, 2.75) is 24.2 Å². The summed E-state index contributed by atoms with van der Waals surface area (Å²) < 4.78 is 23.0. The second-order valence-electron chi connectivity index (χ2n) is 6.32. The molecular formula is C21H20N2O2S. The van der Waals surface area contributed by atoms with E-state index in [9.17, 15) is 8.42 Å². The number of aromatic nitrogens is 1. The van der Waals surface area contributed by atoms with Gasteiger partial charge in [-0.1, -0.05) is 18.1 Å². The minimum Gasteiger partial charge on any atom is -0.265 e. The van der Waals surface area contributed by atoms with Crippen molar-refractivity contribution in [3.8, 4) is 11.8 Å². The number of sulfone groups is 1. The fourth-order valence-electron chi connectivity index (χ4n) is 2.69. The lowest BCUT2D eigenvalue weighted by Crippen LogP contribution is -2.09. The molecule has 0 spiro atoms. The van der Waals surface area contributed by atoms with Crippen LogP contribution in [-0.2, 0) is 22.7 Å². The Hall–Kier alpha value is -2.71. The zero-order valence-electron chi connectivity index (χ0n) is 14.6. The molecule has 1 atom stereocenters. The second-order valence-corrected chi connectivity index (χ2v) is 8.33. The van der Waals surface area contributed by atoms with Gasteiger partial charge in [-0.15, -0.1) is 0 Å². The Kier molecular flexibility index (Phi) is 5.65. The Balaban J connectivity index is 1.54. The van der Waals surface area contributed by atoms with E-state index in [1.807, 2.05) is 30.5 Å². The van der Waals surface area contributed by atoms with Crippen LogP contribution >= 0.6 is 0 Å². The van der Waals surface area contributed by atoms with Crippen molar-refractivity contribution in [1.82, 2.24) is 4.98 Å². The minimum atomic E-state index is -3.14. The van der Waals surface area contributed by atoms with E-state index in [1.165, 1.54) is 6.26 Å². The van der Waals surface area contributed by atoms with E-state index < -0.39 is 9.84 Å². The van der Waals surface area contributed by atoms with Gasteiger partial charge in [0, 0.05) is 37.2 Å². The van der Waals surface area contributed by atoms with Crippen LogP contribution in [0.1, 0.15) is 17.5 Å². The van der Waals surface area contributed by atoms with Crippen molar-refractivity contribution in [2.24, 2.45) is 10.9 Å². The van der Waals surface area contributed by atoms with Crippen LogP contribution in [0.2, 0.25) is 0 Å². The first-order chi connectivity index (χ1) is 12.5. The molecule has 0 saturated heterocycles. The lowest BCUT2D eigenvalue weighted by Gasteiger charge is -2.13. The average Bonchev–Trinajstić information content (AvgIpc) is 2.64. The first-order valence-electron chi connectivity index (χ1n) is 8.42. The molecule has 1 aliphatic heterocycles. The Bertz CT molecular complexity index is 980. The van der Waals surface area contributed by atoms with E-state index >= 15 is 0 Å². The third-order valence-electron chi connectivity index (χ3n) is 4.15. The number of nitrogens with zero attached hydrogens (tertiary/aromatic N) is 2. The Morgan fingerprint density at radius 3 is 2.42 bits per heavy atom. The maximum atomic E-state index is 11.5. The Labute approximate surface area is 154 Å². The van der Waals surface area contributed by atoms with Crippen LogP contribution < -0.4 is 0 Å². The highest BCUT2D eigenvalue weighted by Gasteiger charge is 2.11. The van der Waals surface area contributed by atoms with Gasteiger partial charge in [0.05, 0.1) is 4.90 Å². The highest BCUT2D eigenvalue weighted by molar-refractivity contribution is 7.90. The molecule has 0 bridgehead atoms. The summed E-state index contributed by atoms with van der Waals surface area (Å²) in [6, 6.07) is 11.0. The number of allylic oxidation sites excluding steroid dienone is 2. The van der Waals surface area contributed by atoms with Gasteiger partial charge in [-0.3, -0.25) is 9.98 Å². The molecule has 26 heavy (non-hydrogen) atoms. The highest BCUT2D eigenvalue weighted by Crippen LogP contribution is 2.18. The lowest BCUT2D eigenvalue weighted by atomic mass is 9.95. The Morgan fingerprint density at radius 1 is 1.08 bits per heavy atom. The zero-order valence-corrected chi connectivity index (χ0v) is 15.4. The van der Waals surface area contributed by atoms with Crippen LogP contribution in [0.15, 0.2) is 70.5 Å². The van der Waals surface area contributed by atoms with Gasteiger partial charge in [-0.25, -0.2) is 8.42 Å². The van der Waals surface area contributed by atoms with Crippen molar-refractivity contribution in [3.05, 3.63) is 71.7 Å². The molecule has 1 unspecified atom stereocenters. The summed E-state index contributed by atoms with van der Waals surface area (Å²) in [4.78, 5) is 8.79. The van der Waals surface area contributed by atoms with Crippen LogP contribution in [0.3, 0.4) is 0 Å². The summed E-state index contributed by atoms with van der Waals surface area (Å²) in [6.45, 7) is 0. The van der Waals surface area contributed by atoms with E-state index in [4.69, 9.17) is 0 Å². The zero-order chi connectivity index (χ0) is 18.4. The largest absolute Gasteiger partial charge is 0.265 e. The van der Waals surface area contributed by atoms with Crippen molar-refractivity contribution < 1.29 is 8.42 Å². The van der Waals surface area contributed by atoms with Crippen molar-refractivity contribution in [2.75, 3.05) is 6.26 Å². The number of pyridine rings is 1. The van der Waals surface area contributed by atoms with Gasteiger partial charge in [0.2, 0.25) is 0 Å². The summed E-state index contributed by atoms with van der Waals surface area (Å²) in [5.74, 6) is 6.55. The first-order valence-corrected chi connectivity index (χ1v) is 10.3. The number of hydrogen-bond acceptors (Lipinski definition) is 4. The van der Waals surface area contributed by atoms with Gasteiger partial charge < -0.3 is 0 Å². The van der Waals surface area contributed by atoms with E-state index in [0.29, 0.717) is 17.2 Å². The van der Waals surface area contributed by atoms with Gasteiger partial charge in [0.25, 0.3) is 0 Å². The van der Waals surface area contributed by atoms with E-state index in [1.54, 1.807) is 24.5 Å². The molecule has 5 heteroatoms. The number of hydrogen-bond donors (Lipinski definition) is 0. The summed E-state index contributed by atoms with van der Waals surface area (Å²) in [5.41, 5.74) is 3.06. The fourth-order valence-corrected chi connectivity index (χ4v) is 3.33. The molecule has 0 aliphatic carbocycles. The third kappa shape index (κ3) is 5.14. The molecule has 2 aromatic rings. The number of rotatable bonds is 4. The van der Waals surface area contributed by atoms with E-state index in [0.717, 1.165) is 29.7 Å². The van der Waals surface area contributed by atoms with E-state index in [-0.39, 0.29) is 0 Å². The summed E-state index contributed by atoms with van der Waals surface area (Å²) >= 11 is 0. The minimum absolute atomic E-state index is 0.310. The predicted molar refractivity (Wildman–Crippen MR) is 104 cm³/mol. The van der Waals surface area contributed by atoms with Crippen LogP contribution in [0.25, 0.3) is 0 Å². The molecule has 1 aromatic carbocycles. The topological polar surface area (TPSA) is 59.4 Å². The van der Waals surface area contributed by atoms with Crippen molar-refractivity contribution in [1.29, 1.82) is 0 Å². The SMILES string of the molecule is CS(=O)(=O)c1ccc(CC2C=NC(C#CCc3ccncc3)=CC2)cc1. The Morgan fingerprint density at radius 2 is 1.81 bits per heavy atom. The quantitative estimate of drug-likeness (QED) is 0.783. The van der Waals surface area contributed by atoms with Gasteiger partial charge in [-0.05, 0) is 60.2 Å². The van der Waals surface area contributed by atoms with Crippen LogP contribution in [0.5, 0.6) is 0 Å². The van der Waals surface area contributed by atoms with Gasteiger partial charge in [-0.2, -0.15) is 0 Å². The molecule has 1 aromatic heterocycles. The van der Waals surface area contributed by atoms with Gasteiger partial charge in [0.15, 0.2) is 9.84 Å². The van der Waals surface area contributed by atoms with Crippen LogP contribution in [-0.4, -0.2) is 25.9 Å². The molecule has 0 radical (unpaired) electrons. The normalized spacial score (nSPS) is 16.5. The molecule has 0 amide bonds. The summed E-state index contributed by atoms with van der Waals surface area (Å²) in [7, 11) is -3.14. The number of benzene rings is 1. The van der Waals surface area contributed by atoms with Crippen LogP contribution in [0, 0.1) is 17.8 Å². The molecule has 132 valence electrons.